The first kappa shape index (κ1) is 17.9. The zero-order valence-corrected chi connectivity index (χ0v) is 15.2. The summed E-state index contributed by atoms with van der Waals surface area (Å²) in [5, 5.41) is 6.73. The predicted molar refractivity (Wildman–Crippen MR) is 104 cm³/mol. The van der Waals surface area contributed by atoms with Crippen LogP contribution in [0.25, 0.3) is 0 Å². The van der Waals surface area contributed by atoms with Crippen LogP contribution in [0.15, 0.2) is 53.6 Å². The van der Waals surface area contributed by atoms with Crippen molar-refractivity contribution in [3.63, 3.8) is 0 Å². The van der Waals surface area contributed by atoms with Crippen LogP contribution in [0.1, 0.15) is 23.7 Å². The van der Waals surface area contributed by atoms with Crippen molar-refractivity contribution in [2.45, 2.75) is 13.3 Å². The van der Waals surface area contributed by atoms with E-state index in [0.29, 0.717) is 17.0 Å². The molecule has 2 aromatic rings. The molecule has 2 amide bonds. The molecular weight excluding hydrogens is 419 g/mol. The third kappa shape index (κ3) is 5.65. The molecule has 24 heavy (non-hydrogen) atoms. The Labute approximate surface area is 153 Å². The summed E-state index contributed by atoms with van der Waals surface area (Å²) in [7, 11) is 0. The topological polar surface area (TPSA) is 96.6 Å². The van der Waals surface area contributed by atoms with Gasteiger partial charge in [0.05, 0.1) is 6.42 Å². The van der Waals surface area contributed by atoms with E-state index >= 15 is 0 Å². The number of hydrogen-bond acceptors (Lipinski definition) is 4. The second-order valence-corrected chi connectivity index (χ2v) is 6.39. The van der Waals surface area contributed by atoms with E-state index in [1.165, 1.54) is 0 Å². The molecule has 4 N–H and O–H groups in total. The minimum atomic E-state index is -0.354. The quantitative estimate of drug-likeness (QED) is 0.291. The lowest BCUT2D eigenvalue weighted by molar-refractivity contribution is -0.115. The molecule has 0 aromatic heterocycles. The Morgan fingerprint density at radius 1 is 1.17 bits per heavy atom. The van der Waals surface area contributed by atoms with Crippen molar-refractivity contribution in [2.75, 3.05) is 11.1 Å². The van der Waals surface area contributed by atoms with Crippen molar-refractivity contribution in [1.82, 2.24) is 5.43 Å². The maximum absolute atomic E-state index is 12.0. The fourth-order valence-electron chi connectivity index (χ4n) is 1.89. The number of benzene rings is 2. The number of nitrogens with zero attached hydrogens (tertiary/aromatic N) is 1. The molecule has 0 fully saturated rings. The third-order valence-corrected chi connectivity index (χ3v) is 3.72. The minimum Gasteiger partial charge on any atom is -0.399 e. The monoisotopic (exact) mass is 436 g/mol. The molecule has 0 spiro atoms. The van der Waals surface area contributed by atoms with Crippen molar-refractivity contribution >= 4 is 51.5 Å². The molecule has 6 nitrogen and oxygen atoms in total. The first-order valence-electron chi connectivity index (χ1n) is 7.18. The molecule has 0 atom stereocenters. The second-order valence-electron chi connectivity index (χ2n) is 5.15. The fraction of sp³-hybridized carbons (Fsp3) is 0.118. The number of rotatable bonds is 5. The van der Waals surface area contributed by atoms with Gasteiger partial charge in [-0.2, -0.15) is 5.10 Å². The van der Waals surface area contributed by atoms with E-state index < -0.39 is 0 Å². The lowest BCUT2D eigenvalue weighted by Crippen LogP contribution is -2.21. The van der Waals surface area contributed by atoms with E-state index in [2.05, 4.69) is 38.4 Å². The van der Waals surface area contributed by atoms with E-state index in [1.54, 1.807) is 31.2 Å². The SMILES string of the molecule is CC(CC(=O)Nc1cccc(I)c1)=NNC(=O)c1ccc(N)cc1. The normalized spacial score (nSPS) is 11.0. The highest BCUT2D eigenvalue weighted by Gasteiger charge is 2.07. The number of nitrogen functional groups attached to an aromatic ring is 1. The average Bonchev–Trinajstić information content (AvgIpc) is 2.53. The molecule has 0 aliphatic carbocycles. The summed E-state index contributed by atoms with van der Waals surface area (Å²) >= 11 is 2.18. The lowest BCUT2D eigenvalue weighted by atomic mass is 10.2. The van der Waals surface area contributed by atoms with Gasteiger partial charge in [0.25, 0.3) is 5.91 Å². The number of carbonyl (C=O) groups excluding carboxylic acids is 2. The number of halogens is 1. The summed E-state index contributed by atoms with van der Waals surface area (Å²) in [4.78, 5) is 23.9. The molecule has 0 unspecified atom stereocenters. The van der Waals surface area contributed by atoms with Gasteiger partial charge in [0.2, 0.25) is 5.91 Å². The Balaban J connectivity index is 1.87. The van der Waals surface area contributed by atoms with E-state index in [-0.39, 0.29) is 18.2 Å². The van der Waals surface area contributed by atoms with Crippen LogP contribution >= 0.6 is 22.6 Å². The van der Waals surface area contributed by atoms with Crippen LogP contribution in [0.4, 0.5) is 11.4 Å². The molecule has 0 aliphatic rings. The van der Waals surface area contributed by atoms with Gasteiger partial charge in [-0.05, 0) is 72.0 Å². The van der Waals surface area contributed by atoms with Crippen LogP contribution in [0.3, 0.4) is 0 Å². The number of carbonyl (C=O) groups is 2. The number of anilines is 2. The van der Waals surface area contributed by atoms with E-state index in [0.717, 1.165) is 9.26 Å². The van der Waals surface area contributed by atoms with Gasteiger partial charge in [0, 0.05) is 26.2 Å². The number of nitrogens with two attached hydrogens (primary N) is 1. The molecule has 0 saturated heterocycles. The van der Waals surface area contributed by atoms with Gasteiger partial charge in [0.1, 0.15) is 0 Å². The summed E-state index contributed by atoms with van der Waals surface area (Å²) in [6.45, 7) is 1.68. The van der Waals surface area contributed by atoms with Crippen LogP contribution in [0, 0.1) is 3.57 Å². The Morgan fingerprint density at radius 2 is 1.88 bits per heavy atom. The van der Waals surface area contributed by atoms with E-state index in [9.17, 15) is 9.59 Å². The Bertz CT molecular complexity index is 772. The molecule has 2 aromatic carbocycles. The summed E-state index contributed by atoms with van der Waals surface area (Å²) in [6, 6.07) is 14.0. The Kier molecular flexibility index (Phi) is 6.30. The van der Waals surface area contributed by atoms with Crippen molar-refractivity contribution in [3.05, 3.63) is 57.7 Å². The van der Waals surface area contributed by atoms with Crippen LogP contribution in [0.5, 0.6) is 0 Å². The highest BCUT2D eigenvalue weighted by Crippen LogP contribution is 2.12. The van der Waals surface area contributed by atoms with Gasteiger partial charge in [0.15, 0.2) is 0 Å². The molecule has 124 valence electrons. The summed E-state index contributed by atoms with van der Waals surface area (Å²) in [5.41, 5.74) is 10.3. The highest BCUT2D eigenvalue weighted by atomic mass is 127. The van der Waals surface area contributed by atoms with Gasteiger partial charge < -0.3 is 11.1 Å². The standard InChI is InChI=1S/C17H17IN4O2/c1-11(9-16(23)20-15-4-2-3-13(18)10-15)21-22-17(24)12-5-7-14(19)8-6-12/h2-8,10H,9,19H2,1H3,(H,20,23)(H,22,24). The van der Waals surface area contributed by atoms with E-state index in [4.69, 9.17) is 5.73 Å². The zero-order valence-electron chi connectivity index (χ0n) is 13.0. The van der Waals surface area contributed by atoms with Gasteiger partial charge >= 0.3 is 0 Å². The zero-order chi connectivity index (χ0) is 17.5. The molecule has 0 radical (unpaired) electrons. The minimum absolute atomic E-state index is 0.0908. The molecule has 7 heteroatoms. The maximum Gasteiger partial charge on any atom is 0.271 e. The molecule has 2 rings (SSSR count). The van der Waals surface area contributed by atoms with Crippen LogP contribution in [-0.2, 0) is 4.79 Å². The third-order valence-electron chi connectivity index (χ3n) is 3.05. The van der Waals surface area contributed by atoms with E-state index in [1.807, 2.05) is 24.3 Å². The molecule has 0 bridgehead atoms. The number of hydrogen-bond donors (Lipinski definition) is 3. The van der Waals surface area contributed by atoms with Crippen molar-refractivity contribution < 1.29 is 9.59 Å². The summed E-state index contributed by atoms with van der Waals surface area (Å²) in [5.74, 6) is -0.549. The Hall–Kier alpha value is -2.42. The first-order chi connectivity index (χ1) is 11.4. The van der Waals surface area contributed by atoms with Crippen LogP contribution in [0.2, 0.25) is 0 Å². The van der Waals surface area contributed by atoms with Gasteiger partial charge in [-0.3, -0.25) is 9.59 Å². The smallest absolute Gasteiger partial charge is 0.271 e. The van der Waals surface area contributed by atoms with Crippen molar-refractivity contribution in [3.8, 4) is 0 Å². The Morgan fingerprint density at radius 3 is 2.54 bits per heavy atom. The summed E-state index contributed by atoms with van der Waals surface area (Å²) < 4.78 is 1.03. The van der Waals surface area contributed by atoms with Crippen molar-refractivity contribution in [1.29, 1.82) is 0 Å². The maximum atomic E-state index is 12.0. The lowest BCUT2D eigenvalue weighted by Gasteiger charge is -2.06. The highest BCUT2D eigenvalue weighted by molar-refractivity contribution is 14.1. The molecular formula is C17H17IN4O2. The van der Waals surface area contributed by atoms with Gasteiger partial charge in [-0.25, -0.2) is 5.43 Å². The largest absolute Gasteiger partial charge is 0.399 e. The molecule has 0 saturated carbocycles. The van der Waals surface area contributed by atoms with Crippen molar-refractivity contribution in [2.24, 2.45) is 5.10 Å². The second kappa shape index (κ2) is 8.44. The fourth-order valence-corrected chi connectivity index (χ4v) is 2.43. The van der Waals surface area contributed by atoms with Crippen LogP contribution < -0.4 is 16.5 Å². The summed E-state index contributed by atoms with van der Waals surface area (Å²) in [6.07, 6.45) is 0.0908. The first-order valence-corrected chi connectivity index (χ1v) is 8.26. The molecule has 0 aliphatic heterocycles. The number of nitrogens with one attached hydrogen (secondary N) is 2. The predicted octanol–water partition coefficient (Wildman–Crippen LogP) is 3.01. The van der Waals surface area contributed by atoms with Crippen LogP contribution in [-0.4, -0.2) is 17.5 Å². The van der Waals surface area contributed by atoms with Gasteiger partial charge in [-0.15, -0.1) is 0 Å². The average molecular weight is 436 g/mol. The number of amides is 2. The van der Waals surface area contributed by atoms with Gasteiger partial charge in [-0.1, -0.05) is 6.07 Å². The number of hydrazone groups is 1. The molecule has 0 heterocycles.